The highest BCUT2D eigenvalue weighted by Gasteiger charge is 2.35. The first kappa shape index (κ1) is 25.3. The molecule has 2 heterocycles. The molecule has 4 rings (SSSR count). The van der Waals surface area contributed by atoms with Gasteiger partial charge in [0.1, 0.15) is 23.4 Å². The van der Waals surface area contributed by atoms with E-state index in [9.17, 15) is 19.1 Å². The minimum absolute atomic E-state index is 0.0000377. The van der Waals surface area contributed by atoms with Crippen molar-refractivity contribution in [3.8, 4) is 17.1 Å². The molecule has 2 aromatic carbocycles. The summed E-state index contributed by atoms with van der Waals surface area (Å²) in [6, 6.07) is 10.6. The fourth-order valence-electron chi connectivity index (χ4n) is 4.12. The van der Waals surface area contributed by atoms with Crippen molar-refractivity contribution in [2.75, 3.05) is 30.5 Å². The van der Waals surface area contributed by atoms with E-state index in [-0.39, 0.29) is 42.0 Å². The molecule has 4 N–H and O–H groups in total. The minimum atomic E-state index is -0.896. The predicted molar refractivity (Wildman–Crippen MR) is 133 cm³/mol. The van der Waals surface area contributed by atoms with Crippen molar-refractivity contribution in [1.82, 2.24) is 9.97 Å². The number of carbonyl (C=O) groups is 2. The molecular formula is C24H23BrFN5O5. The number of ether oxygens (including phenoxy) is 2. The number of nitrogens with one attached hydrogen (secondary N) is 1. The minimum Gasteiger partial charge on any atom is -0.496 e. The molecule has 0 radical (unpaired) electrons. The molecule has 0 aliphatic carbocycles. The van der Waals surface area contributed by atoms with Crippen LogP contribution in [0.5, 0.6) is 5.75 Å². The van der Waals surface area contributed by atoms with Crippen molar-refractivity contribution >= 4 is 39.3 Å². The van der Waals surface area contributed by atoms with Gasteiger partial charge in [-0.3, -0.25) is 4.79 Å². The van der Waals surface area contributed by atoms with Crippen molar-refractivity contribution in [2.45, 2.75) is 18.6 Å². The van der Waals surface area contributed by atoms with Crippen LogP contribution in [-0.4, -0.2) is 59.5 Å². The summed E-state index contributed by atoms with van der Waals surface area (Å²) in [6.07, 6.45) is 0.327. The Kier molecular flexibility index (Phi) is 7.65. The SMILES string of the molecule is COc1cccc(F)c1-c1nccc(C(=O)Nc2ccc(Br)cc2N2C[C@@H](OC(N)=O)C[C@H]2CO)n1. The fraction of sp³-hybridized carbons (Fsp3) is 0.250. The summed E-state index contributed by atoms with van der Waals surface area (Å²) < 4.78 is 25.6. The smallest absolute Gasteiger partial charge is 0.404 e. The van der Waals surface area contributed by atoms with Gasteiger partial charge in [0, 0.05) is 17.1 Å². The van der Waals surface area contributed by atoms with Gasteiger partial charge < -0.3 is 30.5 Å². The molecule has 3 aromatic rings. The first-order chi connectivity index (χ1) is 17.3. The van der Waals surface area contributed by atoms with E-state index in [2.05, 4.69) is 31.2 Å². The Morgan fingerprint density at radius 3 is 2.83 bits per heavy atom. The van der Waals surface area contributed by atoms with Gasteiger partial charge in [0.15, 0.2) is 5.82 Å². The number of halogens is 2. The number of nitrogens with zero attached hydrogens (tertiary/aromatic N) is 3. The lowest BCUT2D eigenvalue weighted by molar-refractivity contribution is 0.102. The highest BCUT2D eigenvalue weighted by Crippen LogP contribution is 2.36. The van der Waals surface area contributed by atoms with Gasteiger partial charge in [-0.25, -0.2) is 19.2 Å². The number of aliphatic hydroxyl groups excluding tert-OH is 1. The summed E-state index contributed by atoms with van der Waals surface area (Å²) in [4.78, 5) is 34.6. The quantitative estimate of drug-likeness (QED) is 0.400. The van der Waals surface area contributed by atoms with Gasteiger partial charge in [-0.05, 0) is 36.4 Å². The van der Waals surface area contributed by atoms with Crippen LogP contribution in [-0.2, 0) is 4.74 Å². The number of primary amides is 1. The average Bonchev–Trinajstić information content (AvgIpc) is 3.26. The van der Waals surface area contributed by atoms with E-state index in [1.54, 1.807) is 24.3 Å². The zero-order valence-electron chi connectivity index (χ0n) is 19.1. The van der Waals surface area contributed by atoms with Gasteiger partial charge in [0.05, 0.1) is 43.2 Å². The topological polar surface area (TPSA) is 140 Å². The van der Waals surface area contributed by atoms with E-state index < -0.39 is 23.9 Å². The average molecular weight is 560 g/mol. The predicted octanol–water partition coefficient (Wildman–Crippen LogP) is 3.34. The molecule has 1 aromatic heterocycles. The number of amides is 2. The Labute approximate surface area is 214 Å². The van der Waals surface area contributed by atoms with Gasteiger partial charge in [-0.1, -0.05) is 22.0 Å². The van der Waals surface area contributed by atoms with Crippen molar-refractivity contribution in [1.29, 1.82) is 0 Å². The number of methoxy groups -OCH3 is 1. The molecule has 10 nitrogen and oxygen atoms in total. The second-order valence-corrected chi connectivity index (χ2v) is 8.90. The molecule has 0 bridgehead atoms. The third-order valence-corrected chi connectivity index (χ3v) is 6.19. The Bertz CT molecular complexity index is 1290. The summed E-state index contributed by atoms with van der Waals surface area (Å²) in [5.74, 6) is -0.902. The number of aliphatic hydroxyl groups is 1. The number of hydrogen-bond donors (Lipinski definition) is 3. The van der Waals surface area contributed by atoms with Crippen molar-refractivity contribution in [2.24, 2.45) is 5.73 Å². The number of carbonyl (C=O) groups excluding carboxylic acids is 2. The number of aromatic nitrogens is 2. The zero-order chi connectivity index (χ0) is 25.8. The van der Waals surface area contributed by atoms with E-state index in [0.29, 0.717) is 17.8 Å². The van der Waals surface area contributed by atoms with Gasteiger partial charge in [0.2, 0.25) is 0 Å². The van der Waals surface area contributed by atoms with Crippen molar-refractivity contribution in [3.05, 3.63) is 64.6 Å². The van der Waals surface area contributed by atoms with Crippen molar-refractivity contribution < 1.29 is 28.6 Å². The lowest BCUT2D eigenvalue weighted by Crippen LogP contribution is -2.33. The summed E-state index contributed by atoms with van der Waals surface area (Å²) in [5, 5.41) is 12.7. The van der Waals surface area contributed by atoms with E-state index in [4.69, 9.17) is 15.2 Å². The van der Waals surface area contributed by atoms with Crippen LogP contribution in [0.25, 0.3) is 11.4 Å². The standard InChI is InChI=1S/C24H23BrFN5O5/c1-35-20-4-2-3-16(26)21(20)22-28-8-7-18(29-22)23(33)30-17-6-5-13(25)9-19(17)31-11-15(36-24(27)34)10-14(31)12-32/h2-9,14-15,32H,10-12H2,1H3,(H2,27,34)(H,30,33)/t14-,15-/m0/s1. The van der Waals surface area contributed by atoms with Crippen LogP contribution in [0.4, 0.5) is 20.6 Å². The molecule has 1 saturated heterocycles. The molecule has 0 saturated carbocycles. The van der Waals surface area contributed by atoms with Crippen LogP contribution in [0.15, 0.2) is 53.1 Å². The van der Waals surface area contributed by atoms with Crippen LogP contribution in [0.2, 0.25) is 0 Å². The molecule has 36 heavy (non-hydrogen) atoms. The molecule has 2 amide bonds. The van der Waals surface area contributed by atoms with Crippen LogP contribution in [0.1, 0.15) is 16.9 Å². The maximum absolute atomic E-state index is 14.5. The first-order valence-electron chi connectivity index (χ1n) is 10.9. The maximum atomic E-state index is 14.5. The summed E-state index contributed by atoms with van der Waals surface area (Å²) in [6.45, 7) is 0.0799. The largest absolute Gasteiger partial charge is 0.496 e. The van der Waals surface area contributed by atoms with Gasteiger partial charge in [0.25, 0.3) is 5.91 Å². The number of benzene rings is 2. The first-order valence-corrected chi connectivity index (χ1v) is 11.7. The third kappa shape index (κ3) is 5.39. The van der Waals surface area contributed by atoms with Gasteiger partial charge in [-0.15, -0.1) is 0 Å². The molecule has 2 atom stereocenters. The Morgan fingerprint density at radius 2 is 2.11 bits per heavy atom. The van der Waals surface area contributed by atoms with Crippen LogP contribution in [0.3, 0.4) is 0 Å². The number of rotatable bonds is 7. The number of anilines is 2. The number of hydrogen-bond acceptors (Lipinski definition) is 8. The summed E-state index contributed by atoms with van der Waals surface area (Å²) in [7, 11) is 1.40. The Hall–Kier alpha value is -3.77. The maximum Gasteiger partial charge on any atom is 0.404 e. The molecule has 188 valence electrons. The second kappa shape index (κ2) is 10.9. The van der Waals surface area contributed by atoms with Crippen LogP contribution in [0, 0.1) is 5.82 Å². The third-order valence-electron chi connectivity index (χ3n) is 5.69. The van der Waals surface area contributed by atoms with E-state index in [1.165, 1.54) is 31.5 Å². The zero-order valence-corrected chi connectivity index (χ0v) is 20.7. The van der Waals surface area contributed by atoms with Gasteiger partial charge in [-0.2, -0.15) is 0 Å². The van der Waals surface area contributed by atoms with E-state index in [1.807, 2.05) is 4.90 Å². The molecule has 0 spiro atoms. The molecule has 12 heteroatoms. The fourth-order valence-corrected chi connectivity index (χ4v) is 4.47. The van der Waals surface area contributed by atoms with E-state index in [0.717, 1.165) is 4.47 Å². The molecule has 1 aliphatic heterocycles. The lowest BCUT2D eigenvalue weighted by Gasteiger charge is -2.27. The normalized spacial score (nSPS) is 17.1. The highest BCUT2D eigenvalue weighted by atomic mass is 79.9. The van der Waals surface area contributed by atoms with E-state index >= 15 is 0 Å². The molecule has 0 unspecified atom stereocenters. The number of nitrogens with two attached hydrogens (primary N) is 1. The Balaban J connectivity index is 1.63. The lowest BCUT2D eigenvalue weighted by atomic mass is 10.1. The molecule has 1 aliphatic rings. The highest BCUT2D eigenvalue weighted by molar-refractivity contribution is 9.10. The summed E-state index contributed by atoms with van der Waals surface area (Å²) in [5.41, 5.74) is 6.24. The monoisotopic (exact) mass is 559 g/mol. The molecular weight excluding hydrogens is 537 g/mol. The summed E-state index contributed by atoms with van der Waals surface area (Å²) >= 11 is 3.43. The van der Waals surface area contributed by atoms with Gasteiger partial charge >= 0.3 is 6.09 Å². The molecule has 1 fully saturated rings. The van der Waals surface area contributed by atoms with Crippen LogP contribution < -0.4 is 20.7 Å². The van der Waals surface area contributed by atoms with Crippen LogP contribution >= 0.6 is 15.9 Å². The Morgan fingerprint density at radius 1 is 1.31 bits per heavy atom. The van der Waals surface area contributed by atoms with Crippen molar-refractivity contribution in [3.63, 3.8) is 0 Å². The second-order valence-electron chi connectivity index (χ2n) is 7.98.